The van der Waals surface area contributed by atoms with Crippen molar-refractivity contribution in [3.05, 3.63) is 47.9 Å². The van der Waals surface area contributed by atoms with Gasteiger partial charge in [-0.3, -0.25) is 0 Å². The molecule has 2 aromatic rings. The first-order valence-electron chi connectivity index (χ1n) is 4.98. The first-order valence-corrected chi connectivity index (χ1v) is 4.98. The highest BCUT2D eigenvalue weighted by molar-refractivity contribution is 5.67. The molecule has 3 heteroatoms. The summed E-state index contributed by atoms with van der Waals surface area (Å²) in [6.45, 7) is 1.91. The number of ether oxygens (including phenoxy) is 1. The molecule has 0 saturated carbocycles. The predicted molar refractivity (Wildman–Crippen MR) is 60.9 cm³/mol. The molecule has 0 saturated heterocycles. The Morgan fingerprint density at radius 2 is 1.94 bits per heavy atom. The maximum Gasteiger partial charge on any atom is 0.213 e. The van der Waals surface area contributed by atoms with Gasteiger partial charge in [-0.2, -0.15) is 0 Å². The second-order valence-corrected chi connectivity index (χ2v) is 3.52. The zero-order valence-electron chi connectivity index (χ0n) is 9.20. The second-order valence-electron chi connectivity index (χ2n) is 3.52. The number of aryl methyl sites for hydroxylation is 1. The highest BCUT2D eigenvalue weighted by atomic mass is 19.1. The fourth-order valence-electron chi connectivity index (χ4n) is 1.60. The van der Waals surface area contributed by atoms with Crippen LogP contribution in [0.15, 0.2) is 36.5 Å². The van der Waals surface area contributed by atoms with Crippen LogP contribution in [0, 0.1) is 12.7 Å². The number of benzene rings is 1. The average molecular weight is 217 g/mol. The number of rotatable bonds is 2. The lowest BCUT2D eigenvalue weighted by Gasteiger charge is -2.08. The molecular weight excluding hydrogens is 205 g/mol. The third-order valence-corrected chi connectivity index (χ3v) is 2.46. The van der Waals surface area contributed by atoms with Gasteiger partial charge in [-0.25, -0.2) is 9.37 Å². The Hall–Kier alpha value is -1.90. The summed E-state index contributed by atoms with van der Waals surface area (Å²) in [7, 11) is 1.56. The van der Waals surface area contributed by atoms with Crippen LogP contribution in [0.25, 0.3) is 11.1 Å². The van der Waals surface area contributed by atoms with Crippen LogP contribution in [0.1, 0.15) is 5.56 Å². The molecule has 0 radical (unpaired) electrons. The van der Waals surface area contributed by atoms with Crippen molar-refractivity contribution in [1.29, 1.82) is 0 Å². The molecule has 82 valence electrons. The van der Waals surface area contributed by atoms with Gasteiger partial charge in [-0.1, -0.05) is 18.2 Å². The molecule has 2 rings (SSSR count). The maximum absolute atomic E-state index is 13.6. The Labute approximate surface area is 93.7 Å². The van der Waals surface area contributed by atoms with E-state index in [1.165, 1.54) is 6.07 Å². The molecule has 0 atom stereocenters. The number of hydrogen-bond acceptors (Lipinski definition) is 2. The number of aromatic nitrogens is 1. The normalized spacial score (nSPS) is 10.2. The van der Waals surface area contributed by atoms with Crippen molar-refractivity contribution in [2.75, 3.05) is 7.11 Å². The minimum Gasteiger partial charge on any atom is -0.481 e. The number of halogens is 1. The van der Waals surface area contributed by atoms with Crippen molar-refractivity contribution in [2.24, 2.45) is 0 Å². The highest BCUT2D eigenvalue weighted by Crippen LogP contribution is 2.26. The van der Waals surface area contributed by atoms with Crippen LogP contribution in [-0.4, -0.2) is 12.1 Å². The number of hydrogen-bond donors (Lipinski definition) is 0. The lowest BCUT2D eigenvalue weighted by Crippen LogP contribution is -1.92. The molecule has 0 aliphatic carbocycles. The molecule has 16 heavy (non-hydrogen) atoms. The maximum atomic E-state index is 13.6. The van der Waals surface area contributed by atoms with E-state index in [4.69, 9.17) is 4.74 Å². The van der Waals surface area contributed by atoms with Crippen LogP contribution in [0.2, 0.25) is 0 Å². The van der Waals surface area contributed by atoms with Crippen molar-refractivity contribution in [1.82, 2.24) is 4.98 Å². The van der Waals surface area contributed by atoms with Gasteiger partial charge in [0.15, 0.2) is 0 Å². The number of nitrogens with zero attached hydrogens (tertiary/aromatic N) is 1. The van der Waals surface area contributed by atoms with Crippen LogP contribution in [0.3, 0.4) is 0 Å². The van der Waals surface area contributed by atoms with E-state index in [0.29, 0.717) is 11.4 Å². The monoisotopic (exact) mass is 217 g/mol. The van der Waals surface area contributed by atoms with Gasteiger partial charge in [0.05, 0.1) is 7.11 Å². The molecule has 1 aromatic heterocycles. The number of pyridine rings is 1. The Balaban J connectivity index is 2.53. The molecular formula is C13H12FNO. The summed E-state index contributed by atoms with van der Waals surface area (Å²) >= 11 is 0. The third-order valence-electron chi connectivity index (χ3n) is 2.46. The molecule has 1 aromatic carbocycles. The summed E-state index contributed by atoms with van der Waals surface area (Å²) in [5.41, 5.74) is 2.30. The van der Waals surface area contributed by atoms with E-state index < -0.39 is 0 Å². The molecule has 0 spiro atoms. The summed E-state index contributed by atoms with van der Waals surface area (Å²) in [4.78, 5) is 4.09. The van der Waals surface area contributed by atoms with Crippen LogP contribution in [0.5, 0.6) is 5.88 Å². The Kier molecular flexibility index (Phi) is 2.86. The largest absolute Gasteiger partial charge is 0.481 e. The van der Waals surface area contributed by atoms with Gasteiger partial charge in [0.2, 0.25) is 5.88 Å². The van der Waals surface area contributed by atoms with Crippen molar-refractivity contribution >= 4 is 0 Å². The lowest BCUT2D eigenvalue weighted by molar-refractivity contribution is 0.397. The number of methoxy groups -OCH3 is 1. The molecule has 0 aliphatic heterocycles. The zero-order valence-corrected chi connectivity index (χ0v) is 9.20. The molecule has 0 unspecified atom stereocenters. The molecule has 2 nitrogen and oxygen atoms in total. The van der Waals surface area contributed by atoms with Crippen molar-refractivity contribution in [3.8, 4) is 17.0 Å². The van der Waals surface area contributed by atoms with Crippen molar-refractivity contribution < 1.29 is 9.13 Å². The van der Waals surface area contributed by atoms with E-state index in [-0.39, 0.29) is 5.82 Å². The summed E-state index contributed by atoms with van der Waals surface area (Å²) in [5.74, 6) is 0.301. The molecule has 0 N–H and O–H groups in total. The van der Waals surface area contributed by atoms with Crippen LogP contribution >= 0.6 is 0 Å². The van der Waals surface area contributed by atoms with Gasteiger partial charge in [0.25, 0.3) is 0 Å². The standard InChI is InChI=1S/C13H12FNO/c1-9-7-13(16-2)15-8-11(9)10-5-3-4-6-12(10)14/h3-8H,1-2H3. The topological polar surface area (TPSA) is 22.1 Å². The predicted octanol–water partition coefficient (Wildman–Crippen LogP) is 3.20. The van der Waals surface area contributed by atoms with Gasteiger partial charge in [-0.15, -0.1) is 0 Å². The molecule has 1 heterocycles. The minimum absolute atomic E-state index is 0.238. The summed E-state index contributed by atoms with van der Waals surface area (Å²) < 4.78 is 18.6. The zero-order chi connectivity index (χ0) is 11.5. The highest BCUT2D eigenvalue weighted by Gasteiger charge is 2.08. The van der Waals surface area contributed by atoms with E-state index >= 15 is 0 Å². The molecule has 0 fully saturated rings. The van der Waals surface area contributed by atoms with Crippen LogP contribution < -0.4 is 4.74 Å². The SMILES string of the molecule is COc1cc(C)c(-c2ccccc2F)cn1. The van der Waals surface area contributed by atoms with E-state index in [2.05, 4.69) is 4.98 Å². The Morgan fingerprint density at radius 1 is 1.19 bits per heavy atom. The molecule has 0 amide bonds. The van der Waals surface area contributed by atoms with E-state index in [9.17, 15) is 4.39 Å². The fourth-order valence-corrected chi connectivity index (χ4v) is 1.60. The van der Waals surface area contributed by atoms with Crippen molar-refractivity contribution in [2.45, 2.75) is 6.92 Å². The van der Waals surface area contributed by atoms with Gasteiger partial charge >= 0.3 is 0 Å². The summed E-state index contributed by atoms with van der Waals surface area (Å²) in [6.07, 6.45) is 1.63. The quantitative estimate of drug-likeness (QED) is 0.770. The van der Waals surface area contributed by atoms with Gasteiger partial charge in [0.1, 0.15) is 5.82 Å². The van der Waals surface area contributed by atoms with Gasteiger partial charge in [-0.05, 0) is 18.6 Å². The van der Waals surface area contributed by atoms with Gasteiger partial charge in [0, 0.05) is 23.4 Å². The van der Waals surface area contributed by atoms with E-state index in [1.54, 1.807) is 31.5 Å². The Morgan fingerprint density at radius 3 is 2.56 bits per heavy atom. The Bertz CT molecular complexity index is 511. The molecule has 0 bridgehead atoms. The second kappa shape index (κ2) is 4.31. The fraction of sp³-hybridized carbons (Fsp3) is 0.154. The third kappa shape index (κ3) is 1.89. The first-order chi connectivity index (χ1) is 7.72. The smallest absolute Gasteiger partial charge is 0.213 e. The van der Waals surface area contributed by atoms with E-state index in [0.717, 1.165) is 11.1 Å². The molecule has 0 aliphatic rings. The van der Waals surface area contributed by atoms with Crippen molar-refractivity contribution in [3.63, 3.8) is 0 Å². The first kappa shape index (κ1) is 10.6. The van der Waals surface area contributed by atoms with E-state index in [1.807, 2.05) is 13.0 Å². The van der Waals surface area contributed by atoms with Gasteiger partial charge < -0.3 is 4.74 Å². The lowest BCUT2D eigenvalue weighted by atomic mass is 10.0. The van der Waals surface area contributed by atoms with Crippen LogP contribution in [0.4, 0.5) is 4.39 Å². The summed E-state index contributed by atoms with van der Waals surface area (Å²) in [6, 6.07) is 8.46. The average Bonchev–Trinajstić information content (AvgIpc) is 2.30. The minimum atomic E-state index is -0.238. The summed E-state index contributed by atoms with van der Waals surface area (Å²) in [5, 5.41) is 0. The van der Waals surface area contributed by atoms with Crippen LogP contribution in [-0.2, 0) is 0 Å².